The monoisotopic (exact) mass is 354 g/mol. The van der Waals surface area contributed by atoms with Gasteiger partial charge in [0.25, 0.3) is 5.91 Å². The van der Waals surface area contributed by atoms with E-state index in [2.05, 4.69) is 20.0 Å². The summed E-state index contributed by atoms with van der Waals surface area (Å²) in [6.45, 7) is 5.36. The van der Waals surface area contributed by atoms with Gasteiger partial charge in [0, 0.05) is 44.0 Å². The van der Waals surface area contributed by atoms with Gasteiger partial charge in [-0.3, -0.25) is 14.8 Å². The largest absolute Gasteiger partial charge is 0.379 e. The molecule has 0 bridgehead atoms. The molecule has 2 aliphatic heterocycles. The number of amides is 1. The Balaban J connectivity index is 1.46. The first-order chi connectivity index (χ1) is 12.8. The summed E-state index contributed by atoms with van der Waals surface area (Å²) in [4.78, 5) is 17.6. The molecule has 2 aromatic rings. The normalized spacial score (nSPS) is 21.7. The third kappa shape index (κ3) is 3.81. The zero-order valence-electron chi connectivity index (χ0n) is 15.1. The van der Waals surface area contributed by atoms with Gasteiger partial charge in [-0.05, 0) is 43.0 Å². The summed E-state index contributed by atoms with van der Waals surface area (Å²) in [5.41, 5.74) is 2.77. The molecule has 0 unspecified atom stereocenters. The number of likely N-dealkylation sites (tertiary alicyclic amines) is 1. The third-order valence-corrected chi connectivity index (χ3v) is 5.40. The van der Waals surface area contributed by atoms with E-state index in [-0.39, 0.29) is 5.91 Å². The molecule has 2 aliphatic rings. The maximum atomic E-state index is 13.1. The summed E-state index contributed by atoms with van der Waals surface area (Å²) in [5, 5.41) is 6.94. The Kier molecular flexibility index (Phi) is 5.32. The Morgan fingerprint density at radius 2 is 1.92 bits per heavy atom. The van der Waals surface area contributed by atoms with Gasteiger partial charge in [-0.15, -0.1) is 0 Å². The highest BCUT2D eigenvalue weighted by atomic mass is 16.5. The van der Waals surface area contributed by atoms with Crippen molar-refractivity contribution in [2.24, 2.45) is 0 Å². The zero-order valence-corrected chi connectivity index (χ0v) is 15.1. The average molecular weight is 354 g/mol. The summed E-state index contributed by atoms with van der Waals surface area (Å²) in [7, 11) is 0. The van der Waals surface area contributed by atoms with E-state index in [1.54, 1.807) is 6.20 Å². The molecule has 1 N–H and O–H groups in total. The highest BCUT2D eigenvalue weighted by Crippen LogP contribution is 2.23. The lowest BCUT2D eigenvalue weighted by atomic mass is 9.99. The van der Waals surface area contributed by atoms with Gasteiger partial charge in [0.05, 0.1) is 18.9 Å². The van der Waals surface area contributed by atoms with Gasteiger partial charge in [-0.1, -0.05) is 12.1 Å². The lowest BCUT2D eigenvalue weighted by molar-refractivity contribution is 0.0166. The van der Waals surface area contributed by atoms with Crippen LogP contribution in [-0.4, -0.2) is 71.3 Å². The van der Waals surface area contributed by atoms with Crippen LogP contribution in [0, 0.1) is 0 Å². The van der Waals surface area contributed by atoms with Crippen molar-refractivity contribution < 1.29 is 9.53 Å². The lowest BCUT2D eigenvalue weighted by Gasteiger charge is -2.39. The number of aromatic amines is 1. The molecule has 4 rings (SSSR count). The second-order valence-corrected chi connectivity index (χ2v) is 7.11. The van der Waals surface area contributed by atoms with Gasteiger partial charge < -0.3 is 9.64 Å². The minimum Gasteiger partial charge on any atom is -0.379 e. The highest BCUT2D eigenvalue weighted by Gasteiger charge is 2.29. The summed E-state index contributed by atoms with van der Waals surface area (Å²) >= 11 is 0. The summed E-state index contributed by atoms with van der Waals surface area (Å²) in [6, 6.07) is 10.1. The fraction of sp³-hybridized carbons (Fsp3) is 0.500. The number of H-pyrrole nitrogens is 1. The standard InChI is InChI=1S/C20H26N4O2/c25-20(17-6-4-16(5-7-17)19-8-9-21-22-19)24-10-2-1-3-18(24)15-23-11-13-26-14-12-23/h4-9,18H,1-3,10-15H2,(H,21,22)/t18-/m0/s1. The van der Waals surface area contributed by atoms with Crippen LogP contribution in [0.15, 0.2) is 36.5 Å². The van der Waals surface area contributed by atoms with Gasteiger partial charge >= 0.3 is 0 Å². The van der Waals surface area contributed by atoms with E-state index in [1.807, 2.05) is 30.3 Å². The van der Waals surface area contributed by atoms with Crippen LogP contribution < -0.4 is 0 Å². The molecule has 2 saturated heterocycles. The van der Waals surface area contributed by atoms with Crippen LogP contribution in [0.5, 0.6) is 0 Å². The molecular weight excluding hydrogens is 328 g/mol. The fourth-order valence-electron chi connectivity index (χ4n) is 3.91. The predicted octanol–water partition coefficient (Wildman–Crippen LogP) is 2.40. The number of carbonyl (C=O) groups excluding carboxylic acids is 1. The number of rotatable bonds is 4. The summed E-state index contributed by atoms with van der Waals surface area (Å²) < 4.78 is 5.45. The molecule has 0 aliphatic carbocycles. The van der Waals surface area contributed by atoms with Crippen molar-refractivity contribution in [1.29, 1.82) is 0 Å². The smallest absolute Gasteiger partial charge is 0.254 e. The molecule has 3 heterocycles. The second kappa shape index (κ2) is 8.01. The van der Waals surface area contributed by atoms with E-state index < -0.39 is 0 Å². The molecule has 138 valence electrons. The Bertz CT molecular complexity index is 708. The molecule has 0 radical (unpaired) electrons. The number of aromatic nitrogens is 2. The third-order valence-electron chi connectivity index (χ3n) is 5.40. The van der Waals surface area contributed by atoms with Gasteiger partial charge in [-0.2, -0.15) is 5.10 Å². The molecule has 6 nitrogen and oxygen atoms in total. The quantitative estimate of drug-likeness (QED) is 0.916. The van der Waals surface area contributed by atoms with Gasteiger partial charge in [0.15, 0.2) is 0 Å². The maximum Gasteiger partial charge on any atom is 0.254 e. The highest BCUT2D eigenvalue weighted by molar-refractivity contribution is 5.95. The fourth-order valence-corrected chi connectivity index (χ4v) is 3.91. The van der Waals surface area contributed by atoms with E-state index >= 15 is 0 Å². The van der Waals surface area contributed by atoms with Crippen LogP contribution in [0.4, 0.5) is 0 Å². The van der Waals surface area contributed by atoms with E-state index in [0.29, 0.717) is 6.04 Å². The number of benzene rings is 1. The van der Waals surface area contributed by atoms with Crippen molar-refractivity contribution in [2.45, 2.75) is 25.3 Å². The van der Waals surface area contributed by atoms with Crippen molar-refractivity contribution >= 4 is 5.91 Å². The summed E-state index contributed by atoms with van der Waals surface area (Å²) in [6.07, 6.45) is 5.13. The number of ether oxygens (including phenoxy) is 1. The molecule has 26 heavy (non-hydrogen) atoms. The summed E-state index contributed by atoms with van der Waals surface area (Å²) in [5.74, 6) is 0.152. The van der Waals surface area contributed by atoms with Crippen molar-refractivity contribution in [3.8, 4) is 11.3 Å². The Labute approximate surface area is 154 Å². The van der Waals surface area contributed by atoms with E-state index in [1.165, 1.54) is 6.42 Å². The molecule has 1 atom stereocenters. The molecule has 0 saturated carbocycles. The van der Waals surface area contributed by atoms with Crippen LogP contribution in [0.2, 0.25) is 0 Å². The van der Waals surface area contributed by atoms with Crippen LogP contribution in [0.25, 0.3) is 11.3 Å². The SMILES string of the molecule is O=C(c1ccc(-c2ccn[nH]2)cc1)N1CCCC[C@H]1CN1CCOCC1. The van der Waals surface area contributed by atoms with Crippen molar-refractivity contribution in [2.75, 3.05) is 39.4 Å². The topological polar surface area (TPSA) is 61.5 Å². The van der Waals surface area contributed by atoms with Crippen LogP contribution in [0.1, 0.15) is 29.6 Å². The molecule has 6 heteroatoms. The second-order valence-electron chi connectivity index (χ2n) is 7.11. The number of hydrogen-bond donors (Lipinski definition) is 1. The van der Waals surface area contributed by atoms with E-state index in [9.17, 15) is 4.79 Å². The Morgan fingerprint density at radius 1 is 1.12 bits per heavy atom. The number of nitrogens with one attached hydrogen (secondary N) is 1. The molecular formula is C20H26N4O2. The Hall–Kier alpha value is -2.18. The van der Waals surface area contributed by atoms with Crippen molar-refractivity contribution in [3.63, 3.8) is 0 Å². The number of nitrogens with zero attached hydrogens (tertiary/aromatic N) is 3. The lowest BCUT2D eigenvalue weighted by Crippen LogP contribution is -2.51. The van der Waals surface area contributed by atoms with Crippen molar-refractivity contribution in [1.82, 2.24) is 20.0 Å². The predicted molar refractivity (Wildman–Crippen MR) is 100.0 cm³/mol. The molecule has 1 amide bonds. The number of carbonyl (C=O) groups is 1. The van der Waals surface area contributed by atoms with Gasteiger partial charge in [0.1, 0.15) is 0 Å². The number of morpholine rings is 1. The first-order valence-corrected chi connectivity index (χ1v) is 9.52. The first kappa shape index (κ1) is 17.2. The maximum absolute atomic E-state index is 13.1. The first-order valence-electron chi connectivity index (χ1n) is 9.52. The number of piperidine rings is 1. The van der Waals surface area contributed by atoms with E-state index in [0.717, 1.165) is 69.1 Å². The average Bonchev–Trinajstić information content (AvgIpc) is 3.24. The van der Waals surface area contributed by atoms with Gasteiger partial charge in [-0.25, -0.2) is 0 Å². The minimum absolute atomic E-state index is 0.152. The van der Waals surface area contributed by atoms with E-state index in [4.69, 9.17) is 4.74 Å². The number of hydrogen-bond acceptors (Lipinski definition) is 4. The molecule has 1 aromatic carbocycles. The zero-order chi connectivity index (χ0) is 17.8. The molecule has 0 spiro atoms. The Morgan fingerprint density at radius 3 is 2.65 bits per heavy atom. The van der Waals surface area contributed by atoms with Crippen LogP contribution in [0.3, 0.4) is 0 Å². The minimum atomic E-state index is 0.152. The van der Waals surface area contributed by atoms with Crippen molar-refractivity contribution in [3.05, 3.63) is 42.1 Å². The van der Waals surface area contributed by atoms with Gasteiger partial charge in [0.2, 0.25) is 0 Å². The van der Waals surface area contributed by atoms with Crippen LogP contribution in [-0.2, 0) is 4.74 Å². The molecule has 2 fully saturated rings. The van der Waals surface area contributed by atoms with Crippen LogP contribution >= 0.6 is 0 Å². The molecule has 1 aromatic heterocycles.